The van der Waals surface area contributed by atoms with Gasteiger partial charge in [0.05, 0.1) is 0 Å². The molecular formula is C21H26N2O3. The molecule has 2 heterocycles. The van der Waals surface area contributed by atoms with E-state index in [0.717, 1.165) is 49.3 Å². The molecule has 1 aliphatic carbocycles. The number of aromatic hydroxyl groups is 1. The summed E-state index contributed by atoms with van der Waals surface area (Å²) >= 11 is 0. The Bertz CT molecular complexity index is 760. The number of carbonyl (C=O) groups excluding carboxylic acids is 1. The van der Waals surface area contributed by atoms with Gasteiger partial charge in [-0.15, -0.1) is 0 Å². The maximum absolute atomic E-state index is 12.5. The number of nitrogens with zero attached hydrogens (tertiary/aromatic N) is 2. The summed E-state index contributed by atoms with van der Waals surface area (Å²) in [6, 6.07) is 11.3. The highest BCUT2D eigenvalue weighted by Crippen LogP contribution is 2.47. The smallest absolute Gasteiger partial charge is 0.223 e. The Morgan fingerprint density at radius 3 is 2.46 bits per heavy atom. The lowest BCUT2D eigenvalue weighted by atomic mass is 10.2. The van der Waals surface area contributed by atoms with E-state index in [1.165, 1.54) is 6.42 Å². The first-order valence-electron chi connectivity index (χ1n) is 9.50. The van der Waals surface area contributed by atoms with E-state index in [0.29, 0.717) is 18.8 Å². The third kappa shape index (κ3) is 3.71. The fourth-order valence-electron chi connectivity index (χ4n) is 3.71. The first kappa shape index (κ1) is 17.0. The number of hydrogen-bond donors (Lipinski definition) is 1. The zero-order valence-electron chi connectivity index (χ0n) is 15.2. The third-order valence-electron chi connectivity index (χ3n) is 5.59. The summed E-state index contributed by atoms with van der Waals surface area (Å²) in [5.41, 5.74) is 1.09. The van der Waals surface area contributed by atoms with Crippen molar-refractivity contribution in [3.63, 3.8) is 0 Å². The van der Waals surface area contributed by atoms with Crippen molar-refractivity contribution >= 4 is 11.6 Å². The Labute approximate surface area is 154 Å². The van der Waals surface area contributed by atoms with E-state index in [1.807, 2.05) is 23.1 Å². The van der Waals surface area contributed by atoms with E-state index < -0.39 is 0 Å². The van der Waals surface area contributed by atoms with Gasteiger partial charge in [0, 0.05) is 50.6 Å². The van der Waals surface area contributed by atoms with Crippen molar-refractivity contribution in [2.24, 2.45) is 5.92 Å². The van der Waals surface area contributed by atoms with E-state index in [9.17, 15) is 9.90 Å². The fourth-order valence-corrected chi connectivity index (χ4v) is 3.71. The van der Waals surface area contributed by atoms with Crippen molar-refractivity contribution in [1.29, 1.82) is 0 Å². The first-order chi connectivity index (χ1) is 12.6. The zero-order valence-corrected chi connectivity index (χ0v) is 15.2. The molecule has 1 aromatic heterocycles. The van der Waals surface area contributed by atoms with Crippen LogP contribution in [0.1, 0.15) is 37.2 Å². The second kappa shape index (κ2) is 7.06. The molecule has 0 bridgehead atoms. The van der Waals surface area contributed by atoms with Crippen molar-refractivity contribution in [3.05, 3.63) is 47.9 Å². The quantitative estimate of drug-likeness (QED) is 0.894. The summed E-state index contributed by atoms with van der Waals surface area (Å²) in [7, 11) is 0. The maximum atomic E-state index is 12.5. The predicted molar refractivity (Wildman–Crippen MR) is 100 cm³/mol. The molecule has 2 unspecified atom stereocenters. The van der Waals surface area contributed by atoms with Gasteiger partial charge in [-0.2, -0.15) is 0 Å². The molecule has 0 spiro atoms. The molecule has 2 aromatic rings. The second-order valence-corrected chi connectivity index (χ2v) is 7.51. The molecule has 5 heteroatoms. The Kier molecular flexibility index (Phi) is 4.62. The molecular weight excluding hydrogens is 328 g/mol. The molecule has 5 nitrogen and oxygen atoms in total. The van der Waals surface area contributed by atoms with Gasteiger partial charge in [-0.05, 0) is 48.7 Å². The molecule has 0 radical (unpaired) electrons. The average Bonchev–Trinajstić information content (AvgIpc) is 3.20. The largest absolute Gasteiger partial charge is 0.508 e. The molecule has 1 saturated heterocycles. The molecule has 1 saturated carbocycles. The molecule has 2 aliphatic rings. The predicted octanol–water partition coefficient (Wildman–Crippen LogP) is 3.39. The van der Waals surface area contributed by atoms with E-state index in [2.05, 4.69) is 17.9 Å². The summed E-state index contributed by atoms with van der Waals surface area (Å²) < 4.78 is 5.90. The van der Waals surface area contributed by atoms with E-state index in [-0.39, 0.29) is 11.7 Å². The standard InChI is InChI=1S/C21H26N2O3/c1-15-14-19(15)20-8-6-18(26-20)7-9-21(25)23-12-10-22(11-13-23)16-2-4-17(24)5-3-16/h2-6,8,15,19,24H,7,9-14H2,1H3. The average molecular weight is 354 g/mol. The SMILES string of the molecule is CC1CC1c1ccc(CCC(=O)N2CCN(c3ccc(O)cc3)CC2)o1. The minimum absolute atomic E-state index is 0.202. The lowest BCUT2D eigenvalue weighted by Gasteiger charge is -2.36. The number of piperazine rings is 1. The van der Waals surface area contributed by atoms with Crippen LogP contribution in [0.15, 0.2) is 40.8 Å². The summed E-state index contributed by atoms with van der Waals surface area (Å²) in [5.74, 6) is 3.82. The number of anilines is 1. The number of aryl methyl sites for hydroxylation is 1. The number of phenolic OH excluding ortho intramolecular Hbond substituents is 1. The Morgan fingerprint density at radius 1 is 1.12 bits per heavy atom. The van der Waals surface area contributed by atoms with E-state index >= 15 is 0 Å². The Hall–Kier alpha value is -2.43. The van der Waals surface area contributed by atoms with Gasteiger partial charge in [-0.25, -0.2) is 0 Å². The number of phenols is 1. The molecule has 1 N–H and O–H groups in total. The highest BCUT2D eigenvalue weighted by atomic mass is 16.3. The van der Waals surface area contributed by atoms with Gasteiger partial charge in [-0.3, -0.25) is 4.79 Å². The van der Waals surface area contributed by atoms with E-state index in [4.69, 9.17) is 4.42 Å². The third-order valence-corrected chi connectivity index (χ3v) is 5.59. The molecule has 1 amide bonds. The minimum Gasteiger partial charge on any atom is -0.508 e. The lowest BCUT2D eigenvalue weighted by Crippen LogP contribution is -2.48. The fraction of sp³-hybridized carbons (Fsp3) is 0.476. The number of rotatable bonds is 5. The summed E-state index contributed by atoms with van der Waals surface area (Å²) in [5, 5.41) is 9.39. The topological polar surface area (TPSA) is 56.9 Å². The molecule has 2 atom stereocenters. The molecule has 2 fully saturated rings. The molecule has 1 aromatic carbocycles. The van der Waals surface area contributed by atoms with Crippen LogP contribution in [0.5, 0.6) is 5.75 Å². The number of hydrogen-bond acceptors (Lipinski definition) is 4. The molecule has 4 rings (SSSR count). The number of carbonyl (C=O) groups is 1. The monoisotopic (exact) mass is 354 g/mol. The molecule has 138 valence electrons. The highest BCUT2D eigenvalue weighted by molar-refractivity contribution is 5.76. The van der Waals surface area contributed by atoms with Gasteiger partial charge >= 0.3 is 0 Å². The normalized spacial score (nSPS) is 22.5. The van der Waals surface area contributed by atoms with Crippen LogP contribution in [0, 0.1) is 5.92 Å². The van der Waals surface area contributed by atoms with Crippen molar-refractivity contribution in [1.82, 2.24) is 4.90 Å². The van der Waals surface area contributed by atoms with Crippen LogP contribution in [0.4, 0.5) is 5.69 Å². The van der Waals surface area contributed by atoms with Crippen LogP contribution >= 0.6 is 0 Å². The summed E-state index contributed by atoms with van der Waals surface area (Å²) in [4.78, 5) is 16.7. The zero-order chi connectivity index (χ0) is 18.1. The van der Waals surface area contributed by atoms with E-state index in [1.54, 1.807) is 12.1 Å². The van der Waals surface area contributed by atoms with Crippen LogP contribution in [0.3, 0.4) is 0 Å². The van der Waals surface area contributed by atoms with Gasteiger partial charge in [-0.1, -0.05) is 6.92 Å². The second-order valence-electron chi connectivity index (χ2n) is 7.51. The van der Waals surface area contributed by atoms with Crippen molar-refractivity contribution in [3.8, 4) is 5.75 Å². The van der Waals surface area contributed by atoms with Crippen LogP contribution in [-0.2, 0) is 11.2 Å². The number of furan rings is 1. The minimum atomic E-state index is 0.202. The molecule has 1 aliphatic heterocycles. The van der Waals surface area contributed by atoms with Gasteiger partial charge in [0.25, 0.3) is 0 Å². The summed E-state index contributed by atoms with van der Waals surface area (Å²) in [6.07, 6.45) is 2.40. The number of amides is 1. The van der Waals surface area contributed by atoms with Crippen LogP contribution in [-0.4, -0.2) is 42.1 Å². The maximum Gasteiger partial charge on any atom is 0.223 e. The van der Waals surface area contributed by atoms with Gasteiger partial charge < -0.3 is 19.3 Å². The van der Waals surface area contributed by atoms with Crippen molar-refractivity contribution in [2.45, 2.75) is 32.1 Å². The lowest BCUT2D eigenvalue weighted by molar-refractivity contribution is -0.131. The van der Waals surface area contributed by atoms with Crippen molar-refractivity contribution < 1.29 is 14.3 Å². The molecule has 26 heavy (non-hydrogen) atoms. The van der Waals surface area contributed by atoms with Gasteiger partial charge in [0.15, 0.2) is 0 Å². The van der Waals surface area contributed by atoms with Crippen LogP contribution in [0.25, 0.3) is 0 Å². The Balaban J connectivity index is 1.24. The number of benzene rings is 1. The van der Waals surface area contributed by atoms with Gasteiger partial charge in [0.2, 0.25) is 5.91 Å². The van der Waals surface area contributed by atoms with Gasteiger partial charge in [0.1, 0.15) is 17.3 Å². The van der Waals surface area contributed by atoms with Crippen LogP contribution in [0.2, 0.25) is 0 Å². The first-order valence-corrected chi connectivity index (χ1v) is 9.50. The Morgan fingerprint density at radius 2 is 1.81 bits per heavy atom. The van der Waals surface area contributed by atoms with Crippen molar-refractivity contribution in [2.75, 3.05) is 31.1 Å². The highest BCUT2D eigenvalue weighted by Gasteiger charge is 2.36. The van der Waals surface area contributed by atoms with Crippen LogP contribution < -0.4 is 4.90 Å². The summed E-state index contributed by atoms with van der Waals surface area (Å²) in [6.45, 7) is 5.36.